The predicted molar refractivity (Wildman–Crippen MR) is 194 cm³/mol. The van der Waals surface area contributed by atoms with Gasteiger partial charge in [0, 0.05) is 32.5 Å². The van der Waals surface area contributed by atoms with Crippen LogP contribution in [-0.4, -0.2) is 43.4 Å². The molecule has 1 atom stereocenters. The number of rotatable bonds is 32. The lowest BCUT2D eigenvalue weighted by Crippen LogP contribution is -2.41. The smallest absolute Gasteiger partial charge is 0.236 e. The van der Waals surface area contributed by atoms with Crippen LogP contribution in [0.1, 0.15) is 167 Å². The Kier molecular flexibility index (Phi) is 28.2. The van der Waals surface area contributed by atoms with Gasteiger partial charge < -0.3 is 21.7 Å². The number of carbonyl (C=O) groups is 3. The van der Waals surface area contributed by atoms with Gasteiger partial charge in [-0.15, -0.1) is 0 Å². The Morgan fingerprint density at radius 3 is 1.52 bits per heavy atom. The largest absolute Gasteiger partial charge is 0.356 e. The third-order valence-corrected chi connectivity index (χ3v) is 8.80. The summed E-state index contributed by atoms with van der Waals surface area (Å²) in [6, 6.07) is 9.98. The fourth-order valence-electron chi connectivity index (χ4n) is 5.76. The second-order valence-corrected chi connectivity index (χ2v) is 13.2. The van der Waals surface area contributed by atoms with E-state index >= 15 is 0 Å². The van der Waals surface area contributed by atoms with Gasteiger partial charge in [0.15, 0.2) is 0 Å². The molecular weight excluding hydrogens is 572 g/mol. The monoisotopic (exact) mass is 643 g/mol. The summed E-state index contributed by atoms with van der Waals surface area (Å²) in [6.45, 7) is 4.25. The molecular formula is C39H70N4O3. The number of amides is 3. The SMILES string of the molecule is CCCCCCCCCCCCCCCC(=O)NCCCCCC(=O)NCCCC[C@H](N)C(=O)NCCCCCc1ccccc1. The predicted octanol–water partition coefficient (Wildman–Crippen LogP) is 8.29. The van der Waals surface area contributed by atoms with E-state index in [1.807, 2.05) is 6.07 Å². The Bertz CT molecular complexity index is 864. The number of nitrogens with one attached hydrogen (secondary N) is 3. The average Bonchev–Trinajstić information content (AvgIpc) is 3.06. The molecule has 46 heavy (non-hydrogen) atoms. The van der Waals surface area contributed by atoms with Crippen molar-refractivity contribution >= 4 is 17.7 Å². The van der Waals surface area contributed by atoms with Crippen molar-refractivity contribution in [3.05, 3.63) is 35.9 Å². The zero-order valence-corrected chi connectivity index (χ0v) is 29.6. The van der Waals surface area contributed by atoms with Crippen molar-refractivity contribution in [2.45, 2.75) is 173 Å². The number of hydrogen-bond donors (Lipinski definition) is 4. The quantitative estimate of drug-likeness (QED) is 0.0592. The summed E-state index contributed by atoms with van der Waals surface area (Å²) in [5.41, 5.74) is 7.40. The molecule has 3 amide bonds. The van der Waals surface area contributed by atoms with Gasteiger partial charge in [0.2, 0.25) is 17.7 Å². The van der Waals surface area contributed by atoms with Crippen molar-refractivity contribution in [3.8, 4) is 0 Å². The molecule has 0 aromatic heterocycles. The van der Waals surface area contributed by atoms with Crippen LogP contribution in [0.2, 0.25) is 0 Å². The number of unbranched alkanes of at least 4 members (excludes halogenated alkanes) is 17. The van der Waals surface area contributed by atoms with E-state index in [1.165, 1.54) is 76.2 Å². The molecule has 0 aliphatic carbocycles. The van der Waals surface area contributed by atoms with Gasteiger partial charge >= 0.3 is 0 Å². The molecule has 0 heterocycles. The van der Waals surface area contributed by atoms with E-state index in [2.05, 4.69) is 47.1 Å². The van der Waals surface area contributed by atoms with E-state index in [-0.39, 0.29) is 17.7 Å². The van der Waals surface area contributed by atoms with Gasteiger partial charge in [-0.1, -0.05) is 127 Å². The lowest BCUT2D eigenvalue weighted by atomic mass is 10.0. The van der Waals surface area contributed by atoms with Crippen LogP contribution >= 0.6 is 0 Å². The van der Waals surface area contributed by atoms with Crippen LogP contribution in [0.3, 0.4) is 0 Å². The zero-order valence-electron chi connectivity index (χ0n) is 29.6. The molecule has 0 fully saturated rings. The van der Waals surface area contributed by atoms with Crippen LogP contribution in [0.25, 0.3) is 0 Å². The van der Waals surface area contributed by atoms with Gasteiger partial charge in [-0.25, -0.2) is 0 Å². The van der Waals surface area contributed by atoms with Crippen molar-refractivity contribution in [1.82, 2.24) is 16.0 Å². The van der Waals surface area contributed by atoms with Crippen LogP contribution in [-0.2, 0) is 20.8 Å². The summed E-state index contributed by atoms with van der Waals surface area (Å²) in [7, 11) is 0. The maximum absolute atomic E-state index is 12.2. The average molecular weight is 643 g/mol. The van der Waals surface area contributed by atoms with Crippen molar-refractivity contribution < 1.29 is 14.4 Å². The maximum Gasteiger partial charge on any atom is 0.236 e. The number of benzene rings is 1. The molecule has 5 N–H and O–H groups in total. The van der Waals surface area contributed by atoms with Gasteiger partial charge in [0.05, 0.1) is 6.04 Å². The molecule has 7 nitrogen and oxygen atoms in total. The lowest BCUT2D eigenvalue weighted by Gasteiger charge is -2.12. The van der Waals surface area contributed by atoms with E-state index in [4.69, 9.17) is 5.73 Å². The molecule has 0 bridgehead atoms. The summed E-state index contributed by atoms with van der Waals surface area (Å²) < 4.78 is 0. The van der Waals surface area contributed by atoms with Gasteiger partial charge in [-0.3, -0.25) is 14.4 Å². The number of hydrogen-bond acceptors (Lipinski definition) is 4. The topological polar surface area (TPSA) is 113 Å². The van der Waals surface area contributed by atoms with Gasteiger partial charge in [-0.2, -0.15) is 0 Å². The molecule has 0 unspecified atom stereocenters. The highest BCUT2D eigenvalue weighted by Crippen LogP contribution is 2.13. The summed E-state index contributed by atoms with van der Waals surface area (Å²) in [5.74, 6) is 0.149. The highest BCUT2D eigenvalue weighted by atomic mass is 16.2. The van der Waals surface area contributed by atoms with Gasteiger partial charge in [0.25, 0.3) is 0 Å². The van der Waals surface area contributed by atoms with E-state index in [0.29, 0.717) is 38.9 Å². The Balaban J connectivity index is 1.82. The molecule has 0 aliphatic rings. The van der Waals surface area contributed by atoms with Crippen LogP contribution in [0, 0.1) is 0 Å². The van der Waals surface area contributed by atoms with Crippen LogP contribution in [0.5, 0.6) is 0 Å². The Morgan fingerprint density at radius 1 is 0.543 bits per heavy atom. The number of nitrogens with two attached hydrogens (primary N) is 1. The molecule has 1 rings (SSSR count). The Morgan fingerprint density at radius 2 is 0.978 bits per heavy atom. The molecule has 264 valence electrons. The first-order chi connectivity index (χ1) is 22.5. The first-order valence-electron chi connectivity index (χ1n) is 19.1. The molecule has 1 aromatic carbocycles. The Labute approximate surface area is 282 Å². The fraction of sp³-hybridized carbons (Fsp3) is 0.769. The summed E-state index contributed by atoms with van der Waals surface area (Å²) >= 11 is 0. The molecule has 1 aromatic rings. The molecule has 0 aliphatic heterocycles. The zero-order chi connectivity index (χ0) is 33.3. The molecule has 7 heteroatoms. The second-order valence-electron chi connectivity index (χ2n) is 13.2. The third-order valence-electron chi connectivity index (χ3n) is 8.80. The first-order valence-corrected chi connectivity index (χ1v) is 19.1. The second kappa shape index (κ2) is 31.2. The highest BCUT2D eigenvalue weighted by molar-refractivity contribution is 5.81. The molecule has 0 saturated heterocycles. The van der Waals surface area contributed by atoms with E-state index in [9.17, 15) is 14.4 Å². The molecule has 0 saturated carbocycles. The number of carbonyl (C=O) groups excluding carboxylic acids is 3. The summed E-state index contributed by atoms with van der Waals surface area (Å²) in [6.07, 6.45) is 27.4. The van der Waals surface area contributed by atoms with E-state index in [1.54, 1.807) is 0 Å². The minimum absolute atomic E-state index is 0.0701. The third kappa shape index (κ3) is 26.8. The van der Waals surface area contributed by atoms with Crippen molar-refractivity contribution in [3.63, 3.8) is 0 Å². The van der Waals surface area contributed by atoms with Gasteiger partial charge in [0.1, 0.15) is 0 Å². The summed E-state index contributed by atoms with van der Waals surface area (Å²) in [4.78, 5) is 36.4. The standard InChI is InChI=1S/C39H70N4O3/c1-2-3-4-5-6-7-8-9-10-11-12-13-20-30-37(44)41-32-23-16-21-31-38(45)42-33-25-22-29-36(40)39(46)43-34-24-15-19-28-35-26-17-14-18-27-35/h14,17-18,26-27,36H,2-13,15-16,19-25,28-34,40H2,1H3,(H,41,44)(H,42,45)(H,43,46)/t36-/m0/s1. The Hall–Kier alpha value is -2.41. The lowest BCUT2D eigenvalue weighted by molar-refractivity contribution is -0.123. The number of aryl methyl sites for hydroxylation is 1. The van der Waals surface area contributed by atoms with E-state index in [0.717, 1.165) is 70.6 Å². The van der Waals surface area contributed by atoms with E-state index < -0.39 is 6.04 Å². The minimum Gasteiger partial charge on any atom is -0.356 e. The van der Waals surface area contributed by atoms with Crippen LogP contribution in [0.15, 0.2) is 30.3 Å². The molecule has 0 radical (unpaired) electrons. The van der Waals surface area contributed by atoms with Crippen molar-refractivity contribution in [2.75, 3.05) is 19.6 Å². The fourth-order valence-corrected chi connectivity index (χ4v) is 5.76. The summed E-state index contributed by atoms with van der Waals surface area (Å²) in [5, 5.41) is 8.95. The molecule has 0 spiro atoms. The van der Waals surface area contributed by atoms with Crippen molar-refractivity contribution in [2.24, 2.45) is 5.73 Å². The highest BCUT2D eigenvalue weighted by Gasteiger charge is 2.12. The van der Waals surface area contributed by atoms with Crippen molar-refractivity contribution in [1.29, 1.82) is 0 Å². The first kappa shape index (κ1) is 41.6. The minimum atomic E-state index is -0.491. The van der Waals surface area contributed by atoms with Gasteiger partial charge in [-0.05, 0) is 63.4 Å². The maximum atomic E-state index is 12.2. The van der Waals surface area contributed by atoms with Crippen LogP contribution in [0.4, 0.5) is 0 Å². The normalized spacial score (nSPS) is 11.7. The van der Waals surface area contributed by atoms with Crippen LogP contribution < -0.4 is 21.7 Å².